The summed E-state index contributed by atoms with van der Waals surface area (Å²) in [6, 6.07) is -9.58. The Morgan fingerprint density at radius 3 is 1.28 bits per heavy atom. The number of benzene rings is 1. The lowest BCUT2D eigenvalue weighted by Crippen LogP contribution is -2.61. The van der Waals surface area contributed by atoms with E-state index in [2.05, 4.69) is 100 Å². The number of thioether (sulfide) groups is 2. The van der Waals surface area contributed by atoms with Crippen molar-refractivity contribution < 1.29 is 81.8 Å². The molecule has 1 aromatic carbocycles. The monoisotopic (exact) mass is 1870 g/mol. The van der Waals surface area contributed by atoms with E-state index in [-0.39, 0.29) is 156 Å². The fraction of sp³-hybridized carbons (Fsp3) is 0.667. The van der Waals surface area contributed by atoms with Crippen molar-refractivity contribution in [2.24, 2.45) is 52.5 Å². The molecule has 1 saturated heterocycles. The lowest BCUT2D eigenvalue weighted by atomic mass is 9.98. The molecule has 3 rings (SSSR count). The molecule has 0 radical (unpaired) electrons. The van der Waals surface area contributed by atoms with Crippen molar-refractivity contribution in [2.45, 2.75) is 263 Å². The Hall–Kier alpha value is -11.6. The highest BCUT2D eigenvalue weighted by atomic mass is 32.2. The van der Waals surface area contributed by atoms with Crippen molar-refractivity contribution in [3.63, 3.8) is 0 Å². The molecule has 1 aromatic heterocycles. The van der Waals surface area contributed by atoms with Crippen LogP contribution in [0.1, 0.15) is 177 Å². The number of carbonyl (C=O) groups is 16. The Morgan fingerprint density at radius 2 is 0.862 bits per heavy atom. The van der Waals surface area contributed by atoms with Crippen LogP contribution in [0.15, 0.2) is 42.9 Å². The summed E-state index contributed by atoms with van der Waals surface area (Å²) in [6.45, 7) is 18.1. The van der Waals surface area contributed by atoms with Crippen LogP contribution in [0.25, 0.3) is 0 Å². The fourth-order valence-electron chi connectivity index (χ4n) is 13.8. The Bertz CT molecular complexity index is 4060. The highest BCUT2D eigenvalue weighted by Gasteiger charge is 2.41. The maximum atomic E-state index is 15.0. The number of nitrogens with one attached hydrogen (secondary N) is 21. The van der Waals surface area contributed by atoms with Crippen LogP contribution in [0, 0.1) is 45.8 Å². The van der Waals surface area contributed by atoms with Gasteiger partial charge in [-0.1, -0.05) is 106 Å². The molecule has 2 aromatic rings. The average Bonchev–Trinajstić information content (AvgIpc) is 1.30. The van der Waals surface area contributed by atoms with E-state index in [0.717, 1.165) is 0 Å². The number of H-pyrrole nitrogens is 1. The zero-order chi connectivity index (χ0) is 97.4. The maximum Gasteiger partial charge on any atom is 0.326 e. The summed E-state index contributed by atoms with van der Waals surface area (Å²) < 4.78 is 0. The Morgan fingerprint density at radius 1 is 0.477 bits per heavy atom. The van der Waals surface area contributed by atoms with Gasteiger partial charge in [0, 0.05) is 50.9 Å². The predicted octanol–water partition coefficient (Wildman–Crippen LogP) is -3.20. The second-order valence-electron chi connectivity index (χ2n) is 33.9. The highest BCUT2D eigenvalue weighted by Crippen LogP contribution is 2.22. The topological polar surface area (TPSA) is 705 Å². The van der Waals surface area contributed by atoms with Crippen LogP contribution in [0.5, 0.6) is 0 Å². The SMILES string of the molecule is CC[C@H](C)[C@H](N)C(=O)N1CCC[C@H]1C(=O)N[C@@H](C)C(=O)N[C@@H](CCCNC(=N)N)C(=O)N[C@@H](CC(C)C)C(=O)NCC(=O)N[C@@H](Cc1cnc[nH]1)C(=O)N[C@@H](CCSC)C(=O)N[C@@H](Cc1ccccc1)C(=O)N[C@@H](CCSC)C(=O)N[C@@H](CC(C)C)C(=O)N[C@@H](CCCNC(=N)N)C(=O)N[C@@H](CCCNC(=N)N)C(=O)N[C@H](C(=O)NCC(=O)N[C@@H](CC(C)C)C(=O)O)C(C)C. The van der Waals surface area contributed by atoms with Crippen LogP contribution in [0.2, 0.25) is 0 Å². The second kappa shape index (κ2) is 59.6. The Kier molecular flexibility index (Phi) is 51.6. The third-order valence-corrected chi connectivity index (χ3v) is 22.4. The van der Waals surface area contributed by atoms with Gasteiger partial charge in [-0.15, -0.1) is 0 Å². The lowest BCUT2D eigenvalue weighted by molar-refractivity contribution is -0.142. The Balaban J connectivity index is 1.95. The number of rotatable bonds is 61. The predicted molar refractivity (Wildman–Crippen MR) is 494 cm³/mol. The molecule has 728 valence electrons. The number of nitrogens with zero attached hydrogens (tertiary/aromatic N) is 2. The number of carboxylic acid groups (broad SMARTS) is 1. The molecular formula is C84H143N27O17S2. The summed E-state index contributed by atoms with van der Waals surface area (Å²) in [5.74, 6) is -15.2. The molecule has 0 saturated carbocycles. The summed E-state index contributed by atoms with van der Waals surface area (Å²) in [7, 11) is 0. The van der Waals surface area contributed by atoms with Crippen LogP contribution in [0.3, 0.4) is 0 Å². The average molecular weight is 1870 g/mol. The Labute approximate surface area is 768 Å². The van der Waals surface area contributed by atoms with Gasteiger partial charge in [0.1, 0.15) is 78.5 Å². The first-order chi connectivity index (χ1) is 61.4. The van der Waals surface area contributed by atoms with E-state index in [9.17, 15) is 77.0 Å². The zero-order valence-corrected chi connectivity index (χ0v) is 78.6. The minimum Gasteiger partial charge on any atom is -0.480 e. The number of hydrogen-bond acceptors (Lipinski definition) is 23. The molecule has 44 nitrogen and oxygen atoms in total. The van der Waals surface area contributed by atoms with Crippen LogP contribution in [-0.2, 0) is 89.6 Å². The third-order valence-electron chi connectivity index (χ3n) is 21.1. The number of likely N-dealkylation sites (tertiary alicyclic amines) is 1. The van der Waals surface area contributed by atoms with E-state index in [0.29, 0.717) is 37.1 Å². The van der Waals surface area contributed by atoms with Gasteiger partial charge in [0.15, 0.2) is 17.9 Å². The number of carboxylic acids is 1. The zero-order valence-electron chi connectivity index (χ0n) is 77.0. The molecule has 15 amide bonds. The number of carbonyl (C=O) groups excluding carboxylic acids is 15. The second-order valence-corrected chi connectivity index (χ2v) is 35.9. The van der Waals surface area contributed by atoms with Crippen LogP contribution >= 0.6 is 23.5 Å². The molecule has 15 atom stereocenters. The van der Waals surface area contributed by atoms with Crippen molar-refractivity contribution >= 4 is 136 Å². The van der Waals surface area contributed by atoms with E-state index in [4.69, 9.17) is 39.2 Å². The summed E-state index contributed by atoms with van der Waals surface area (Å²) in [6.07, 6.45) is 7.51. The molecule has 0 unspecified atom stereocenters. The van der Waals surface area contributed by atoms with Gasteiger partial charge in [0.25, 0.3) is 0 Å². The van der Waals surface area contributed by atoms with Crippen LogP contribution in [-0.4, -0.2) is 280 Å². The van der Waals surface area contributed by atoms with Gasteiger partial charge in [-0.3, -0.25) is 88.1 Å². The minimum atomic E-state index is -1.47. The number of nitrogens with two attached hydrogens (primary N) is 4. The van der Waals surface area contributed by atoms with Crippen LogP contribution in [0.4, 0.5) is 0 Å². The maximum absolute atomic E-state index is 15.0. The summed E-state index contributed by atoms with van der Waals surface area (Å²) in [4.78, 5) is 234. The van der Waals surface area contributed by atoms with E-state index < -0.39 is 198 Å². The largest absolute Gasteiger partial charge is 0.480 e. The lowest BCUT2D eigenvalue weighted by Gasteiger charge is -2.29. The van der Waals surface area contributed by atoms with E-state index in [1.54, 1.807) is 98.2 Å². The first-order valence-electron chi connectivity index (χ1n) is 44.1. The first kappa shape index (κ1) is 113. The van der Waals surface area contributed by atoms with Gasteiger partial charge in [0.2, 0.25) is 88.6 Å². The van der Waals surface area contributed by atoms with Gasteiger partial charge < -0.3 is 128 Å². The molecule has 30 N–H and O–H groups in total. The molecule has 1 aliphatic heterocycles. The van der Waals surface area contributed by atoms with Gasteiger partial charge in [-0.25, -0.2) is 9.78 Å². The van der Waals surface area contributed by atoms with Crippen molar-refractivity contribution in [3.8, 4) is 0 Å². The number of hydrogen-bond donors (Lipinski definition) is 26. The van der Waals surface area contributed by atoms with Gasteiger partial charge in [0.05, 0.1) is 25.5 Å². The standard InChI is InChI=1S/C84H143N27O17S2/c1-14-49(10)66(85)80(126)111-33-21-27-63(111)78(124)99-50(11)68(114)102-53(24-18-30-93-82(86)87)71(117)107-58(36-45(2)3)69(115)96-42-64(112)100-61(40-52-41-92-44-98-52)77(123)106-57(29-35-130-13)73(119)109-60(39-51-22-16-15-17-23-51)76(122)105-56(28-34-129-12)72(118)108-59(37-46(4)5)75(121)104-54(25-19-31-94-83(88)89)70(116)103-55(26-20-32-95-84(90)91)74(120)110-67(48(8)9)79(125)97-43-65(113)101-62(81(127)128)38-47(6)7/h15-17,22-23,41,44-50,53-63,66-67H,14,18-21,24-40,42-43,85H2,1-13H3,(H,92,98)(H,96,115)(H,97,125)(H,99,124)(H,100,112)(H,101,113)(H,102,114)(H,103,116)(H,104,121)(H,105,122)(H,106,123)(H,107,117)(H,108,118)(H,109,119)(H,110,120)(H,127,128)(H4,86,87,93)(H4,88,89,94)(H4,90,91,95)/t49-,50-,53-,54-,55-,56-,57-,58-,59-,60-,61-,62-,63-,66-,67-/m0/s1. The molecule has 46 heteroatoms. The van der Waals surface area contributed by atoms with Crippen LogP contribution < -0.4 is 113 Å². The molecule has 1 fully saturated rings. The van der Waals surface area contributed by atoms with Crippen molar-refractivity contribution in [2.75, 3.05) is 63.3 Å². The molecule has 130 heavy (non-hydrogen) atoms. The van der Waals surface area contributed by atoms with Gasteiger partial charge in [-0.05, 0) is 150 Å². The van der Waals surface area contributed by atoms with E-state index >= 15 is 4.79 Å². The quantitative estimate of drug-likeness (QED) is 0.0176. The smallest absolute Gasteiger partial charge is 0.326 e. The fourth-order valence-corrected chi connectivity index (χ4v) is 14.7. The number of aromatic amines is 1. The summed E-state index contributed by atoms with van der Waals surface area (Å²) in [5.41, 5.74) is 23.8. The molecule has 0 aliphatic carbocycles. The normalized spacial score (nSPS) is 15.6. The molecular weight excluding hydrogens is 1720 g/mol. The molecule has 0 bridgehead atoms. The van der Waals surface area contributed by atoms with Crippen molar-refractivity contribution in [1.29, 1.82) is 16.2 Å². The van der Waals surface area contributed by atoms with Gasteiger partial charge >= 0.3 is 5.97 Å². The molecule has 2 heterocycles. The number of aromatic nitrogens is 2. The number of imidazole rings is 1. The number of amides is 15. The van der Waals surface area contributed by atoms with Gasteiger partial charge in [-0.2, -0.15) is 23.5 Å². The summed E-state index contributed by atoms with van der Waals surface area (Å²) in [5, 5.41) is 77.7. The number of guanidine groups is 3. The van der Waals surface area contributed by atoms with E-state index in [1.807, 2.05) is 13.8 Å². The van der Waals surface area contributed by atoms with Crippen molar-refractivity contribution in [3.05, 3.63) is 54.1 Å². The first-order valence-corrected chi connectivity index (χ1v) is 46.9. The molecule has 1 aliphatic rings. The van der Waals surface area contributed by atoms with E-state index in [1.165, 1.54) is 47.9 Å². The number of aliphatic carboxylic acids is 1. The van der Waals surface area contributed by atoms with Crippen molar-refractivity contribution in [1.82, 2.24) is 105 Å². The molecule has 0 spiro atoms. The summed E-state index contributed by atoms with van der Waals surface area (Å²) >= 11 is 2.67. The highest BCUT2D eigenvalue weighted by molar-refractivity contribution is 7.98. The minimum absolute atomic E-state index is 0.0217. The third kappa shape index (κ3) is 42.8.